The number of unbranched alkanes of at least 4 members (excludes halogenated alkanes) is 10. The number of phosphoric acid groups is 1. The number of rotatable bonds is 20. The Balaban J connectivity index is 4.21. The molecule has 0 aromatic carbocycles. The summed E-state index contributed by atoms with van der Waals surface area (Å²) in [7, 11) is -4.71. The molecule has 0 spiro atoms. The molecule has 0 bridgehead atoms. The van der Waals surface area contributed by atoms with E-state index in [9.17, 15) is 14.2 Å². The van der Waals surface area contributed by atoms with E-state index < -0.39 is 32.5 Å². The molecule has 0 aromatic rings. The van der Waals surface area contributed by atoms with Gasteiger partial charge in [0, 0.05) is 12.8 Å². The summed E-state index contributed by atoms with van der Waals surface area (Å²) in [4.78, 5) is 41.6. The number of phosphoric ester groups is 1. The topological polar surface area (TPSA) is 119 Å². The normalized spacial score (nSPS) is 12.5. The highest BCUT2D eigenvalue weighted by molar-refractivity contribution is 7.46. The summed E-state index contributed by atoms with van der Waals surface area (Å²) in [6, 6.07) is 0. The van der Waals surface area contributed by atoms with Crippen molar-refractivity contribution in [1.29, 1.82) is 0 Å². The van der Waals surface area contributed by atoms with Crippen molar-refractivity contribution in [1.82, 2.24) is 0 Å². The van der Waals surface area contributed by atoms with Gasteiger partial charge < -0.3 is 19.3 Å². The van der Waals surface area contributed by atoms with Crippen molar-refractivity contribution in [3.63, 3.8) is 0 Å². The van der Waals surface area contributed by atoms with E-state index in [4.69, 9.17) is 19.3 Å². The van der Waals surface area contributed by atoms with Gasteiger partial charge in [-0.3, -0.25) is 14.1 Å². The Labute approximate surface area is 181 Å². The smallest absolute Gasteiger partial charge is 0.462 e. The Kier molecular flexibility index (Phi) is 18.2. The van der Waals surface area contributed by atoms with Crippen LogP contribution in [0.2, 0.25) is 0 Å². The Morgan fingerprint density at radius 1 is 0.733 bits per heavy atom. The summed E-state index contributed by atoms with van der Waals surface area (Å²) in [6.07, 6.45) is 11.8. The highest BCUT2D eigenvalue weighted by atomic mass is 31.2. The van der Waals surface area contributed by atoms with E-state index in [2.05, 4.69) is 18.4 Å². The van der Waals surface area contributed by atoms with Gasteiger partial charge in [-0.2, -0.15) is 0 Å². The standard InChI is InChI=1S/C21H41O8P/c1-3-5-7-9-11-13-15-20(22)27-17-19(18-28-30(24,25)26)29-21(23)16-14-12-10-8-6-4-2/h19H,3-18H2,1-2H3,(H2,24,25,26). The summed E-state index contributed by atoms with van der Waals surface area (Å²) < 4.78 is 25.7. The van der Waals surface area contributed by atoms with Crippen molar-refractivity contribution in [3.8, 4) is 0 Å². The number of carbonyl (C=O) groups is 2. The molecule has 0 aromatic heterocycles. The molecule has 0 aliphatic rings. The van der Waals surface area contributed by atoms with E-state index in [-0.39, 0.29) is 19.4 Å². The Morgan fingerprint density at radius 2 is 1.20 bits per heavy atom. The molecule has 0 aliphatic carbocycles. The fraction of sp³-hybridized carbons (Fsp3) is 0.905. The van der Waals surface area contributed by atoms with Gasteiger partial charge >= 0.3 is 19.8 Å². The molecule has 0 rings (SSSR count). The van der Waals surface area contributed by atoms with Crippen LogP contribution in [0.4, 0.5) is 0 Å². The van der Waals surface area contributed by atoms with Gasteiger partial charge in [0.1, 0.15) is 6.61 Å². The average molecular weight is 453 g/mol. The summed E-state index contributed by atoms with van der Waals surface area (Å²) in [5.74, 6) is -0.907. The zero-order chi connectivity index (χ0) is 22.7. The molecule has 0 heterocycles. The first-order valence-corrected chi connectivity index (χ1v) is 12.9. The molecule has 0 aliphatic heterocycles. The second-order valence-corrected chi connectivity index (χ2v) is 8.86. The van der Waals surface area contributed by atoms with E-state index in [1.165, 1.54) is 12.8 Å². The van der Waals surface area contributed by atoms with Crippen LogP contribution in [0.5, 0.6) is 0 Å². The largest absolute Gasteiger partial charge is 0.469 e. The number of hydrogen-bond donors (Lipinski definition) is 2. The summed E-state index contributed by atoms with van der Waals surface area (Å²) in [5, 5.41) is 0. The maximum absolute atomic E-state index is 12.0. The van der Waals surface area contributed by atoms with Crippen molar-refractivity contribution < 1.29 is 37.9 Å². The first kappa shape index (κ1) is 29.1. The van der Waals surface area contributed by atoms with Gasteiger partial charge in [0.25, 0.3) is 0 Å². The second kappa shape index (κ2) is 18.8. The fourth-order valence-corrected chi connectivity index (χ4v) is 3.26. The number of esters is 2. The molecule has 0 fully saturated rings. The van der Waals surface area contributed by atoms with Crippen LogP contribution in [0, 0.1) is 0 Å². The zero-order valence-corrected chi connectivity index (χ0v) is 19.6. The molecule has 1 atom stereocenters. The molecule has 0 saturated heterocycles. The summed E-state index contributed by atoms with van der Waals surface area (Å²) >= 11 is 0. The quantitative estimate of drug-likeness (QED) is 0.150. The van der Waals surface area contributed by atoms with E-state index in [0.29, 0.717) is 6.42 Å². The molecule has 30 heavy (non-hydrogen) atoms. The van der Waals surface area contributed by atoms with Crippen LogP contribution >= 0.6 is 7.82 Å². The Bertz CT molecular complexity index is 491. The monoisotopic (exact) mass is 452 g/mol. The third-order valence-electron chi connectivity index (χ3n) is 4.63. The molecule has 1 unspecified atom stereocenters. The Hall–Kier alpha value is -0.950. The average Bonchev–Trinajstić information content (AvgIpc) is 2.68. The lowest BCUT2D eigenvalue weighted by Gasteiger charge is -2.18. The SMILES string of the molecule is CCCCCCCCC(=O)OCC(COP(=O)(O)O)OC(=O)CCCCCCCC. The van der Waals surface area contributed by atoms with E-state index >= 15 is 0 Å². The Morgan fingerprint density at radius 3 is 1.70 bits per heavy atom. The minimum absolute atomic E-state index is 0.213. The van der Waals surface area contributed by atoms with Crippen molar-refractivity contribution in [2.24, 2.45) is 0 Å². The van der Waals surface area contributed by atoms with E-state index in [1.807, 2.05) is 0 Å². The predicted molar refractivity (Wildman–Crippen MR) is 115 cm³/mol. The number of carbonyl (C=O) groups excluding carboxylic acids is 2. The van der Waals surface area contributed by atoms with Gasteiger partial charge in [0.2, 0.25) is 0 Å². The third-order valence-corrected chi connectivity index (χ3v) is 5.11. The maximum Gasteiger partial charge on any atom is 0.469 e. The minimum atomic E-state index is -4.71. The van der Waals surface area contributed by atoms with Crippen molar-refractivity contribution in [2.75, 3.05) is 13.2 Å². The molecule has 0 amide bonds. The summed E-state index contributed by atoms with van der Waals surface area (Å²) in [6.45, 7) is 3.47. The molecule has 0 saturated carbocycles. The molecule has 178 valence electrons. The van der Waals surface area contributed by atoms with Gasteiger partial charge in [-0.05, 0) is 12.8 Å². The molecular formula is C21H41O8P. The fourth-order valence-electron chi connectivity index (χ4n) is 2.90. The van der Waals surface area contributed by atoms with E-state index in [1.54, 1.807) is 0 Å². The van der Waals surface area contributed by atoms with Crippen LogP contribution in [0.1, 0.15) is 104 Å². The predicted octanol–water partition coefficient (Wildman–Crippen LogP) is 5.05. The van der Waals surface area contributed by atoms with Crippen molar-refractivity contribution in [2.45, 2.75) is 110 Å². The van der Waals surface area contributed by atoms with Crippen molar-refractivity contribution >= 4 is 19.8 Å². The van der Waals surface area contributed by atoms with Crippen LogP contribution in [0.15, 0.2) is 0 Å². The van der Waals surface area contributed by atoms with Gasteiger partial charge in [0.05, 0.1) is 6.61 Å². The van der Waals surface area contributed by atoms with Gasteiger partial charge in [-0.15, -0.1) is 0 Å². The zero-order valence-electron chi connectivity index (χ0n) is 18.7. The van der Waals surface area contributed by atoms with Crippen LogP contribution in [0.25, 0.3) is 0 Å². The minimum Gasteiger partial charge on any atom is -0.462 e. The van der Waals surface area contributed by atoms with Gasteiger partial charge in [-0.25, -0.2) is 4.57 Å². The molecule has 9 heteroatoms. The summed E-state index contributed by atoms with van der Waals surface area (Å²) in [5.41, 5.74) is 0. The lowest BCUT2D eigenvalue weighted by atomic mass is 10.1. The van der Waals surface area contributed by atoms with Crippen LogP contribution in [-0.4, -0.2) is 41.0 Å². The van der Waals surface area contributed by atoms with Crippen LogP contribution in [-0.2, 0) is 28.2 Å². The first-order chi connectivity index (χ1) is 14.3. The molecular weight excluding hydrogens is 411 g/mol. The van der Waals surface area contributed by atoms with Gasteiger partial charge in [0.15, 0.2) is 6.10 Å². The lowest BCUT2D eigenvalue weighted by molar-refractivity contribution is -0.161. The van der Waals surface area contributed by atoms with Crippen LogP contribution in [0.3, 0.4) is 0 Å². The van der Waals surface area contributed by atoms with E-state index in [0.717, 1.165) is 57.8 Å². The molecule has 0 radical (unpaired) electrons. The number of hydrogen-bond acceptors (Lipinski definition) is 6. The molecule has 8 nitrogen and oxygen atoms in total. The highest BCUT2D eigenvalue weighted by Crippen LogP contribution is 2.35. The lowest BCUT2D eigenvalue weighted by Crippen LogP contribution is -2.29. The maximum atomic E-state index is 12.0. The second-order valence-electron chi connectivity index (χ2n) is 7.62. The van der Waals surface area contributed by atoms with Crippen molar-refractivity contribution in [3.05, 3.63) is 0 Å². The van der Waals surface area contributed by atoms with Gasteiger partial charge in [-0.1, -0.05) is 78.1 Å². The van der Waals surface area contributed by atoms with Crippen LogP contribution < -0.4 is 0 Å². The number of ether oxygens (including phenoxy) is 2. The highest BCUT2D eigenvalue weighted by Gasteiger charge is 2.22. The molecule has 2 N–H and O–H groups in total. The first-order valence-electron chi connectivity index (χ1n) is 11.3. The third kappa shape index (κ3) is 20.3.